The third kappa shape index (κ3) is 4.86. The Hall–Kier alpha value is -0.790. The summed E-state index contributed by atoms with van der Waals surface area (Å²) in [5.41, 5.74) is 0.995. The molecule has 2 nitrogen and oxygen atoms in total. The summed E-state index contributed by atoms with van der Waals surface area (Å²) < 4.78 is 5.34. The van der Waals surface area contributed by atoms with E-state index in [0.29, 0.717) is 18.4 Å². The summed E-state index contributed by atoms with van der Waals surface area (Å²) in [5.74, 6) is 1.69. The van der Waals surface area contributed by atoms with E-state index < -0.39 is 0 Å². The van der Waals surface area contributed by atoms with Crippen LogP contribution in [0, 0.1) is 17.8 Å². The summed E-state index contributed by atoms with van der Waals surface area (Å²) in [6.07, 6.45) is 15.2. The van der Waals surface area contributed by atoms with Crippen molar-refractivity contribution in [2.75, 3.05) is 6.61 Å². The van der Waals surface area contributed by atoms with Crippen LogP contribution in [0.25, 0.3) is 0 Å². The van der Waals surface area contributed by atoms with Crippen molar-refractivity contribution in [3.63, 3.8) is 0 Å². The largest absolute Gasteiger partial charge is 0.463 e. The first-order valence-corrected chi connectivity index (χ1v) is 9.11. The Bertz CT molecular complexity index is 347. The second kappa shape index (κ2) is 8.60. The molecule has 2 heteroatoms. The Kier molecular flexibility index (Phi) is 6.79. The van der Waals surface area contributed by atoms with E-state index in [-0.39, 0.29) is 5.97 Å². The van der Waals surface area contributed by atoms with Crippen LogP contribution in [0.5, 0.6) is 0 Å². The minimum absolute atomic E-state index is 0.0490. The van der Waals surface area contributed by atoms with Crippen LogP contribution in [0.15, 0.2) is 11.6 Å². The van der Waals surface area contributed by atoms with Gasteiger partial charge in [0.15, 0.2) is 0 Å². The molecule has 0 aliphatic heterocycles. The van der Waals surface area contributed by atoms with Crippen molar-refractivity contribution in [2.45, 2.75) is 78.1 Å². The normalized spacial score (nSPS) is 23.8. The highest BCUT2D eigenvalue weighted by Gasteiger charge is 2.26. The fourth-order valence-electron chi connectivity index (χ4n) is 4.08. The van der Waals surface area contributed by atoms with Crippen LogP contribution in [-0.4, -0.2) is 12.6 Å². The van der Waals surface area contributed by atoms with Crippen LogP contribution < -0.4 is 0 Å². The number of allylic oxidation sites excluding steroid dienone is 1. The molecular formula is C19H32O2. The van der Waals surface area contributed by atoms with E-state index in [9.17, 15) is 4.79 Å². The number of carbonyl (C=O) groups excluding carboxylic acids is 1. The number of carbonyl (C=O) groups is 1. The zero-order valence-electron chi connectivity index (χ0n) is 13.9. The van der Waals surface area contributed by atoms with Crippen molar-refractivity contribution in [3.8, 4) is 0 Å². The van der Waals surface area contributed by atoms with E-state index in [1.165, 1.54) is 64.2 Å². The van der Waals surface area contributed by atoms with Gasteiger partial charge in [0.05, 0.1) is 6.61 Å². The maximum atomic E-state index is 12.4. The molecule has 0 aromatic carbocycles. The number of hydrogen-bond donors (Lipinski definition) is 0. The van der Waals surface area contributed by atoms with Crippen molar-refractivity contribution in [3.05, 3.63) is 11.6 Å². The first-order valence-electron chi connectivity index (χ1n) is 9.11. The molecule has 2 fully saturated rings. The van der Waals surface area contributed by atoms with Gasteiger partial charge in [-0.05, 0) is 50.4 Å². The SMILES string of the molecule is CCOC(=O)/C(=C/C(C)C1CCCCC1)C1CCCCC1. The van der Waals surface area contributed by atoms with E-state index >= 15 is 0 Å². The van der Waals surface area contributed by atoms with Gasteiger partial charge in [0.2, 0.25) is 0 Å². The lowest BCUT2D eigenvalue weighted by Crippen LogP contribution is -2.21. The maximum Gasteiger partial charge on any atom is 0.333 e. The molecule has 0 spiro atoms. The number of esters is 1. The molecule has 0 heterocycles. The molecule has 0 radical (unpaired) electrons. The summed E-state index contributed by atoms with van der Waals surface area (Å²) in [6.45, 7) is 4.69. The quantitative estimate of drug-likeness (QED) is 0.509. The van der Waals surface area contributed by atoms with Gasteiger partial charge in [-0.2, -0.15) is 0 Å². The lowest BCUT2D eigenvalue weighted by molar-refractivity contribution is -0.139. The molecule has 2 saturated carbocycles. The third-order valence-electron chi connectivity index (χ3n) is 5.39. The summed E-state index contributed by atoms with van der Waals surface area (Å²) in [6, 6.07) is 0. The van der Waals surface area contributed by atoms with E-state index in [4.69, 9.17) is 4.74 Å². The third-order valence-corrected chi connectivity index (χ3v) is 5.39. The minimum atomic E-state index is -0.0490. The Balaban J connectivity index is 2.08. The molecule has 1 atom stereocenters. The second-order valence-corrected chi connectivity index (χ2v) is 6.93. The van der Waals surface area contributed by atoms with Gasteiger partial charge in [-0.3, -0.25) is 0 Å². The molecule has 1 unspecified atom stereocenters. The lowest BCUT2D eigenvalue weighted by atomic mass is 9.77. The molecule has 2 aliphatic carbocycles. The maximum absolute atomic E-state index is 12.4. The Morgan fingerprint density at radius 2 is 1.62 bits per heavy atom. The monoisotopic (exact) mass is 292 g/mol. The van der Waals surface area contributed by atoms with Gasteiger partial charge in [0, 0.05) is 5.57 Å². The second-order valence-electron chi connectivity index (χ2n) is 6.93. The van der Waals surface area contributed by atoms with Gasteiger partial charge >= 0.3 is 5.97 Å². The zero-order chi connectivity index (χ0) is 15.1. The zero-order valence-corrected chi connectivity index (χ0v) is 13.9. The summed E-state index contributed by atoms with van der Waals surface area (Å²) in [5, 5.41) is 0. The molecule has 21 heavy (non-hydrogen) atoms. The van der Waals surface area contributed by atoms with Crippen molar-refractivity contribution in [2.24, 2.45) is 17.8 Å². The number of hydrogen-bond acceptors (Lipinski definition) is 2. The van der Waals surface area contributed by atoms with E-state index in [1.807, 2.05) is 6.92 Å². The standard InChI is InChI=1S/C19H32O2/c1-3-21-19(20)18(17-12-8-5-9-13-17)14-15(2)16-10-6-4-7-11-16/h14-17H,3-13H2,1-2H3/b18-14+. The highest BCUT2D eigenvalue weighted by atomic mass is 16.5. The van der Waals surface area contributed by atoms with Crippen LogP contribution in [0.3, 0.4) is 0 Å². The first-order chi connectivity index (χ1) is 10.2. The molecule has 2 aliphatic rings. The van der Waals surface area contributed by atoms with Crippen molar-refractivity contribution < 1.29 is 9.53 Å². The van der Waals surface area contributed by atoms with Crippen LogP contribution in [0.2, 0.25) is 0 Å². The summed E-state index contributed by atoms with van der Waals surface area (Å²) >= 11 is 0. The van der Waals surface area contributed by atoms with E-state index in [1.54, 1.807) is 0 Å². The molecule has 0 aromatic heterocycles. The van der Waals surface area contributed by atoms with Gasteiger partial charge < -0.3 is 4.74 Å². The van der Waals surface area contributed by atoms with Crippen molar-refractivity contribution in [1.82, 2.24) is 0 Å². The van der Waals surface area contributed by atoms with E-state index in [2.05, 4.69) is 13.0 Å². The van der Waals surface area contributed by atoms with Crippen LogP contribution >= 0.6 is 0 Å². The fraction of sp³-hybridized carbons (Fsp3) is 0.842. The van der Waals surface area contributed by atoms with Gasteiger partial charge in [-0.15, -0.1) is 0 Å². The molecule has 0 aromatic rings. The number of rotatable bonds is 5. The molecular weight excluding hydrogens is 260 g/mol. The molecule has 0 saturated heterocycles. The van der Waals surface area contributed by atoms with Gasteiger partial charge in [0.1, 0.15) is 0 Å². The minimum Gasteiger partial charge on any atom is -0.463 e. The molecule has 0 bridgehead atoms. The predicted molar refractivity (Wildman–Crippen MR) is 87.0 cm³/mol. The average Bonchev–Trinajstić information content (AvgIpc) is 2.54. The van der Waals surface area contributed by atoms with Gasteiger partial charge in [-0.25, -0.2) is 4.79 Å². The molecule has 120 valence electrons. The Morgan fingerprint density at radius 1 is 1.05 bits per heavy atom. The summed E-state index contributed by atoms with van der Waals surface area (Å²) in [7, 11) is 0. The van der Waals surface area contributed by atoms with Crippen LogP contribution in [0.4, 0.5) is 0 Å². The first kappa shape index (κ1) is 16.6. The summed E-state index contributed by atoms with van der Waals surface area (Å²) in [4.78, 5) is 12.4. The van der Waals surface area contributed by atoms with Crippen LogP contribution in [-0.2, 0) is 9.53 Å². The Labute approximate surface area is 130 Å². The van der Waals surface area contributed by atoms with Gasteiger partial charge in [0.25, 0.3) is 0 Å². The topological polar surface area (TPSA) is 26.3 Å². The molecule has 0 amide bonds. The highest BCUT2D eigenvalue weighted by molar-refractivity contribution is 5.89. The van der Waals surface area contributed by atoms with Gasteiger partial charge in [-0.1, -0.05) is 51.5 Å². The number of ether oxygens (including phenoxy) is 1. The molecule has 0 N–H and O–H groups in total. The van der Waals surface area contributed by atoms with Crippen molar-refractivity contribution in [1.29, 1.82) is 0 Å². The Morgan fingerprint density at radius 3 is 2.19 bits per heavy atom. The lowest BCUT2D eigenvalue weighted by Gasteiger charge is -2.28. The highest BCUT2D eigenvalue weighted by Crippen LogP contribution is 2.35. The smallest absolute Gasteiger partial charge is 0.333 e. The molecule has 2 rings (SSSR count). The van der Waals surface area contributed by atoms with Crippen molar-refractivity contribution >= 4 is 5.97 Å². The van der Waals surface area contributed by atoms with Crippen LogP contribution in [0.1, 0.15) is 78.1 Å². The fourth-order valence-corrected chi connectivity index (χ4v) is 4.08. The predicted octanol–water partition coefficient (Wildman–Crippen LogP) is 5.27. The average molecular weight is 292 g/mol. The van der Waals surface area contributed by atoms with E-state index in [0.717, 1.165) is 11.5 Å².